The summed E-state index contributed by atoms with van der Waals surface area (Å²) in [4.78, 5) is 36.4. The predicted octanol–water partition coefficient (Wildman–Crippen LogP) is 6.43. The number of hydrogen-bond acceptors (Lipinski definition) is 8. The van der Waals surface area contributed by atoms with Crippen LogP contribution in [0.15, 0.2) is 30.6 Å². The molecule has 9 heteroatoms. The molecule has 3 fully saturated rings. The summed E-state index contributed by atoms with van der Waals surface area (Å²) in [5, 5.41) is 9.89. The van der Waals surface area contributed by atoms with Crippen molar-refractivity contribution in [3.63, 3.8) is 0 Å². The van der Waals surface area contributed by atoms with Crippen molar-refractivity contribution in [2.75, 3.05) is 60.5 Å². The van der Waals surface area contributed by atoms with Gasteiger partial charge in [0.1, 0.15) is 18.0 Å². The molecule has 7 rings (SSSR count). The molecule has 0 bridgehead atoms. The van der Waals surface area contributed by atoms with E-state index in [0.29, 0.717) is 5.41 Å². The zero-order valence-corrected chi connectivity index (χ0v) is 29.5. The van der Waals surface area contributed by atoms with Crippen molar-refractivity contribution < 1.29 is 9.90 Å². The van der Waals surface area contributed by atoms with Gasteiger partial charge in [-0.25, -0.2) is 9.97 Å². The molecule has 9 nitrogen and oxygen atoms in total. The van der Waals surface area contributed by atoms with Gasteiger partial charge < -0.3 is 24.7 Å². The van der Waals surface area contributed by atoms with Gasteiger partial charge in [0.05, 0.1) is 12.1 Å². The van der Waals surface area contributed by atoms with Gasteiger partial charge in [0.15, 0.2) is 0 Å². The van der Waals surface area contributed by atoms with Crippen LogP contribution in [-0.2, 0) is 24.2 Å². The number of anilines is 3. The summed E-state index contributed by atoms with van der Waals surface area (Å²) in [6.45, 7) is 16.9. The summed E-state index contributed by atoms with van der Waals surface area (Å²) in [5.41, 5.74) is 8.90. The number of likely N-dealkylation sites (tertiary alicyclic amines) is 1. The van der Waals surface area contributed by atoms with Crippen molar-refractivity contribution >= 4 is 23.3 Å². The Balaban J connectivity index is 1.10. The van der Waals surface area contributed by atoms with Crippen molar-refractivity contribution in [1.82, 2.24) is 19.9 Å². The van der Waals surface area contributed by atoms with Crippen molar-refractivity contribution in [3.05, 3.63) is 58.7 Å². The first kappa shape index (κ1) is 32.8. The number of benzene rings is 1. The van der Waals surface area contributed by atoms with E-state index in [1.54, 1.807) is 6.33 Å². The Morgan fingerprint density at radius 2 is 1.54 bits per heavy atom. The molecule has 0 spiro atoms. The first-order valence-electron chi connectivity index (χ1n) is 18.3. The molecule has 4 aliphatic rings. The van der Waals surface area contributed by atoms with Gasteiger partial charge >= 0.3 is 5.97 Å². The summed E-state index contributed by atoms with van der Waals surface area (Å²) < 4.78 is 0. The van der Waals surface area contributed by atoms with Gasteiger partial charge in [-0.3, -0.25) is 9.78 Å². The SMILES string of the molecule is Cc1nc(C)c(-c2ccc3c(c2)CCN(c2cc(N4CCC(N5CCCCC5)CC4)ncn2)C3)c(N2CCC(C)(C)CC2)c1CC(=O)O. The maximum absolute atomic E-state index is 12.1. The second-order valence-electron chi connectivity index (χ2n) is 15.4. The van der Waals surface area contributed by atoms with Gasteiger partial charge in [-0.2, -0.15) is 0 Å². The molecule has 4 aliphatic heterocycles. The number of aryl methyl sites for hydroxylation is 2. The Labute approximate surface area is 286 Å². The Bertz CT molecular complexity index is 1630. The van der Waals surface area contributed by atoms with Crippen LogP contribution in [-0.4, -0.2) is 82.8 Å². The van der Waals surface area contributed by atoms with Gasteiger partial charge in [-0.05, 0) is 94.0 Å². The molecule has 3 saturated heterocycles. The van der Waals surface area contributed by atoms with Gasteiger partial charge in [-0.15, -0.1) is 0 Å². The van der Waals surface area contributed by atoms with Crippen LogP contribution in [0.4, 0.5) is 17.3 Å². The molecule has 3 aromatic rings. The van der Waals surface area contributed by atoms with Gasteiger partial charge in [0.25, 0.3) is 0 Å². The van der Waals surface area contributed by atoms with Crippen LogP contribution in [0, 0.1) is 19.3 Å². The normalized spacial score (nSPS) is 20.5. The van der Waals surface area contributed by atoms with E-state index in [2.05, 4.69) is 64.6 Å². The quantitative estimate of drug-likeness (QED) is 0.311. The first-order chi connectivity index (χ1) is 23.1. The van der Waals surface area contributed by atoms with E-state index in [-0.39, 0.29) is 6.42 Å². The Morgan fingerprint density at radius 1 is 0.833 bits per heavy atom. The number of piperidine rings is 3. The lowest BCUT2D eigenvalue weighted by Gasteiger charge is -2.40. The molecule has 0 amide bonds. The van der Waals surface area contributed by atoms with Crippen LogP contribution in [0.3, 0.4) is 0 Å². The third kappa shape index (κ3) is 6.89. The van der Waals surface area contributed by atoms with Crippen molar-refractivity contribution in [2.24, 2.45) is 5.41 Å². The Kier molecular flexibility index (Phi) is 9.33. The van der Waals surface area contributed by atoms with E-state index in [4.69, 9.17) is 15.0 Å². The molecule has 1 N–H and O–H groups in total. The number of rotatable bonds is 7. The fourth-order valence-corrected chi connectivity index (χ4v) is 8.59. The standard InChI is InChI=1S/C39H53N7O2/c1-27-33(23-36(47)48)38(45-20-13-39(3,4)14-21-45)37(28(2)42-27)30-8-9-31-25-46(17-10-29(31)22-30)35-24-34(40-26-41-35)44-18-11-32(12-19-44)43-15-6-5-7-16-43/h8-9,22,24,26,32H,5-7,10-21,23,25H2,1-4H3,(H,47,48). The fraction of sp³-hybridized carbons (Fsp3) is 0.590. The van der Waals surface area contributed by atoms with Crippen LogP contribution >= 0.6 is 0 Å². The molecule has 0 saturated carbocycles. The van der Waals surface area contributed by atoms with Crippen molar-refractivity contribution in [3.8, 4) is 11.1 Å². The molecule has 0 aliphatic carbocycles. The number of carboxylic acids is 1. The smallest absolute Gasteiger partial charge is 0.307 e. The number of nitrogens with zero attached hydrogens (tertiary/aromatic N) is 7. The molecule has 2 aromatic heterocycles. The van der Waals surface area contributed by atoms with Crippen LogP contribution in [0.25, 0.3) is 11.1 Å². The molecule has 256 valence electrons. The topological polar surface area (TPSA) is 88.9 Å². The lowest BCUT2D eigenvalue weighted by atomic mass is 9.82. The predicted molar refractivity (Wildman–Crippen MR) is 193 cm³/mol. The number of fused-ring (bicyclic) bond motifs is 1. The number of aliphatic carboxylic acids is 1. The monoisotopic (exact) mass is 651 g/mol. The largest absolute Gasteiger partial charge is 0.481 e. The number of pyridine rings is 1. The highest BCUT2D eigenvalue weighted by Gasteiger charge is 2.31. The summed E-state index contributed by atoms with van der Waals surface area (Å²) in [7, 11) is 0. The van der Waals surface area contributed by atoms with Gasteiger partial charge in [-0.1, -0.05) is 38.5 Å². The summed E-state index contributed by atoms with van der Waals surface area (Å²) in [5.74, 6) is 1.24. The van der Waals surface area contributed by atoms with E-state index in [1.165, 1.54) is 56.3 Å². The van der Waals surface area contributed by atoms with Gasteiger partial charge in [0.2, 0.25) is 0 Å². The average molecular weight is 652 g/mol. The van der Waals surface area contributed by atoms with E-state index < -0.39 is 5.97 Å². The van der Waals surface area contributed by atoms with Crippen LogP contribution in [0.5, 0.6) is 0 Å². The number of carbonyl (C=O) groups is 1. The highest BCUT2D eigenvalue weighted by atomic mass is 16.4. The molecule has 0 atom stereocenters. The van der Waals surface area contributed by atoms with E-state index in [0.717, 1.165) is 110 Å². The minimum absolute atomic E-state index is 0.0153. The second kappa shape index (κ2) is 13.7. The van der Waals surface area contributed by atoms with Crippen LogP contribution in [0.2, 0.25) is 0 Å². The number of aromatic nitrogens is 3. The maximum Gasteiger partial charge on any atom is 0.307 e. The molecule has 48 heavy (non-hydrogen) atoms. The molecule has 1 aromatic carbocycles. The lowest BCUT2D eigenvalue weighted by molar-refractivity contribution is -0.136. The van der Waals surface area contributed by atoms with Gasteiger partial charge in [0, 0.05) is 73.9 Å². The highest BCUT2D eigenvalue weighted by Crippen LogP contribution is 2.42. The molecule has 0 unspecified atom stereocenters. The fourth-order valence-electron chi connectivity index (χ4n) is 8.59. The van der Waals surface area contributed by atoms with E-state index >= 15 is 0 Å². The molecule has 0 radical (unpaired) electrons. The molecular formula is C39H53N7O2. The summed E-state index contributed by atoms with van der Waals surface area (Å²) >= 11 is 0. The summed E-state index contributed by atoms with van der Waals surface area (Å²) in [6.07, 6.45) is 11.3. The maximum atomic E-state index is 12.1. The minimum atomic E-state index is -0.811. The number of carboxylic acid groups (broad SMARTS) is 1. The van der Waals surface area contributed by atoms with Crippen molar-refractivity contribution in [1.29, 1.82) is 0 Å². The highest BCUT2D eigenvalue weighted by molar-refractivity contribution is 5.86. The Hall–Kier alpha value is -3.72. The molecular weight excluding hydrogens is 598 g/mol. The van der Waals surface area contributed by atoms with E-state index in [1.807, 2.05) is 6.92 Å². The molecule has 6 heterocycles. The van der Waals surface area contributed by atoms with Crippen molar-refractivity contribution in [2.45, 2.75) is 98.1 Å². The minimum Gasteiger partial charge on any atom is -0.481 e. The van der Waals surface area contributed by atoms with Crippen LogP contribution in [0.1, 0.15) is 86.9 Å². The average Bonchev–Trinajstić information content (AvgIpc) is 3.09. The third-order valence-electron chi connectivity index (χ3n) is 11.6. The Morgan fingerprint density at radius 3 is 2.25 bits per heavy atom. The third-order valence-corrected chi connectivity index (χ3v) is 11.6. The van der Waals surface area contributed by atoms with E-state index in [9.17, 15) is 9.90 Å². The first-order valence-corrected chi connectivity index (χ1v) is 18.3. The lowest BCUT2D eigenvalue weighted by Crippen LogP contribution is -2.47. The summed E-state index contributed by atoms with van der Waals surface area (Å²) in [6, 6.07) is 9.74. The second-order valence-corrected chi connectivity index (χ2v) is 15.4. The zero-order chi connectivity index (χ0) is 33.4. The number of hydrogen-bond donors (Lipinski definition) is 1. The van der Waals surface area contributed by atoms with Crippen LogP contribution < -0.4 is 14.7 Å². The zero-order valence-electron chi connectivity index (χ0n) is 29.5.